The summed E-state index contributed by atoms with van der Waals surface area (Å²) >= 11 is 6.02. The molecule has 0 unspecified atom stereocenters. The molecule has 0 aliphatic heterocycles. The maximum atomic E-state index is 10.4. The van der Waals surface area contributed by atoms with Crippen LogP contribution in [-0.4, -0.2) is 16.1 Å². The Bertz CT molecular complexity index is 543. The second-order valence-electron chi connectivity index (χ2n) is 3.08. The molecular formula is C11H8ClNO2. The van der Waals surface area contributed by atoms with E-state index in [4.69, 9.17) is 16.7 Å². The van der Waals surface area contributed by atoms with Crippen molar-refractivity contribution < 1.29 is 9.90 Å². The molecule has 2 rings (SSSR count). The van der Waals surface area contributed by atoms with Crippen LogP contribution in [0.3, 0.4) is 0 Å². The highest BCUT2D eigenvalue weighted by Gasteiger charge is 2.04. The maximum absolute atomic E-state index is 10.4. The molecule has 1 heterocycles. The van der Waals surface area contributed by atoms with Crippen molar-refractivity contribution in [1.29, 1.82) is 0 Å². The molecule has 2 N–H and O–H groups in total. The van der Waals surface area contributed by atoms with Crippen LogP contribution in [0.15, 0.2) is 30.5 Å². The smallest absolute Gasteiger partial charge is 0.328 e. The van der Waals surface area contributed by atoms with E-state index in [2.05, 4.69) is 4.98 Å². The zero-order valence-corrected chi connectivity index (χ0v) is 8.45. The molecule has 0 aliphatic rings. The van der Waals surface area contributed by atoms with Crippen molar-refractivity contribution in [3.8, 4) is 0 Å². The lowest BCUT2D eigenvalue weighted by Gasteiger charge is -1.94. The molecule has 0 radical (unpaired) electrons. The highest BCUT2D eigenvalue weighted by molar-refractivity contribution is 6.36. The Morgan fingerprint density at radius 3 is 3.00 bits per heavy atom. The molecule has 0 bridgehead atoms. The van der Waals surface area contributed by atoms with Gasteiger partial charge in [-0.15, -0.1) is 0 Å². The lowest BCUT2D eigenvalue weighted by atomic mass is 10.1. The number of hydrogen-bond acceptors (Lipinski definition) is 1. The molecule has 0 saturated carbocycles. The van der Waals surface area contributed by atoms with Gasteiger partial charge in [-0.25, -0.2) is 4.79 Å². The van der Waals surface area contributed by atoms with Crippen molar-refractivity contribution in [3.63, 3.8) is 0 Å². The van der Waals surface area contributed by atoms with E-state index in [1.54, 1.807) is 12.3 Å². The van der Waals surface area contributed by atoms with Crippen molar-refractivity contribution in [1.82, 2.24) is 4.98 Å². The summed E-state index contributed by atoms with van der Waals surface area (Å²) in [6.45, 7) is 0. The van der Waals surface area contributed by atoms with Crippen LogP contribution in [0.4, 0.5) is 0 Å². The van der Waals surface area contributed by atoms with E-state index in [0.717, 1.165) is 22.5 Å². The molecule has 0 saturated heterocycles. The number of halogens is 1. The number of nitrogens with one attached hydrogen (secondary N) is 1. The molecule has 0 aliphatic carbocycles. The molecule has 1 aromatic carbocycles. The quantitative estimate of drug-likeness (QED) is 0.766. The third-order valence-corrected chi connectivity index (χ3v) is 2.41. The van der Waals surface area contributed by atoms with Gasteiger partial charge < -0.3 is 10.1 Å². The fraction of sp³-hybridized carbons (Fsp3) is 0. The molecule has 0 spiro atoms. The van der Waals surface area contributed by atoms with E-state index in [-0.39, 0.29) is 0 Å². The maximum Gasteiger partial charge on any atom is 0.328 e. The van der Waals surface area contributed by atoms with Crippen LogP contribution < -0.4 is 0 Å². The zero-order valence-electron chi connectivity index (χ0n) is 7.70. The minimum Gasteiger partial charge on any atom is -0.478 e. The second-order valence-corrected chi connectivity index (χ2v) is 3.49. The number of aliphatic carboxylic acids is 1. The first-order valence-electron chi connectivity index (χ1n) is 4.35. The number of H-pyrrole nitrogens is 1. The van der Waals surface area contributed by atoms with Crippen molar-refractivity contribution in [3.05, 3.63) is 41.1 Å². The molecule has 0 atom stereocenters. The summed E-state index contributed by atoms with van der Waals surface area (Å²) in [7, 11) is 0. The van der Waals surface area contributed by atoms with Gasteiger partial charge in [-0.05, 0) is 18.2 Å². The lowest BCUT2D eigenvalue weighted by Crippen LogP contribution is -1.85. The normalized spacial score (nSPS) is 11.3. The Morgan fingerprint density at radius 1 is 1.47 bits per heavy atom. The van der Waals surface area contributed by atoms with E-state index < -0.39 is 5.97 Å². The SMILES string of the molecule is O=C(O)C=Cc1c[nH]c2cccc(Cl)c12. The predicted molar refractivity (Wildman–Crippen MR) is 60.0 cm³/mol. The number of carboxylic acid groups (broad SMARTS) is 1. The summed E-state index contributed by atoms with van der Waals surface area (Å²) in [5.74, 6) is -0.976. The number of rotatable bonds is 2. The van der Waals surface area contributed by atoms with Crippen LogP contribution in [0, 0.1) is 0 Å². The monoisotopic (exact) mass is 221 g/mol. The lowest BCUT2D eigenvalue weighted by molar-refractivity contribution is -0.131. The Balaban J connectivity index is 2.57. The average Bonchev–Trinajstić information content (AvgIpc) is 2.59. The fourth-order valence-electron chi connectivity index (χ4n) is 1.46. The highest BCUT2D eigenvalue weighted by Crippen LogP contribution is 2.27. The van der Waals surface area contributed by atoms with E-state index in [1.165, 1.54) is 6.08 Å². The van der Waals surface area contributed by atoms with Crippen LogP contribution >= 0.6 is 11.6 Å². The predicted octanol–water partition coefficient (Wildman–Crippen LogP) is 2.92. The summed E-state index contributed by atoms with van der Waals surface area (Å²) < 4.78 is 0. The molecule has 15 heavy (non-hydrogen) atoms. The molecule has 4 heteroatoms. The molecular weight excluding hydrogens is 214 g/mol. The van der Waals surface area contributed by atoms with Gasteiger partial charge in [-0.1, -0.05) is 17.7 Å². The first-order chi connectivity index (χ1) is 7.18. The van der Waals surface area contributed by atoms with Crippen LogP contribution in [0.25, 0.3) is 17.0 Å². The Morgan fingerprint density at radius 2 is 2.27 bits per heavy atom. The summed E-state index contributed by atoms with van der Waals surface area (Å²) in [5, 5.41) is 9.98. The van der Waals surface area contributed by atoms with Gasteiger partial charge >= 0.3 is 5.97 Å². The van der Waals surface area contributed by atoms with Crippen molar-refractivity contribution in [2.75, 3.05) is 0 Å². The molecule has 0 fully saturated rings. The minimum atomic E-state index is -0.976. The van der Waals surface area contributed by atoms with E-state index in [0.29, 0.717) is 5.02 Å². The third kappa shape index (κ3) is 1.87. The highest BCUT2D eigenvalue weighted by atomic mass is 35.5. The largest absolute Gasteiger partial charge is 0.478 e. The third-order valence-electron chi connectivity index (χ3n) is 2.09. The topological polar surface area (TPSA) is 53.1 Å². The number of carbonyl (C=O) groups is 1. The number of aromatic amines is 1. The number of carboxylic acids is 1. The molecule has 76 valence electrons. The van der Waals surface area contributed by atoms with E-state index in [9.17, 15) is 4.79 Å². The Hall–Kier alpha value is -1.74. The number of hydrogen-bond donors (Lipinski definition) is 2. The standard InChI is InChI=1S/C11H8ClNO2/c12-8-2-1-3-9-11(8)7(6-13-9)4-5-10(14)15/h1-6,13H,(H,14,15). The van der Waals surface area contributed by atoms with Crippen LogP contribution in [-0.2, 0) is 4.79 Å². The van der Waals surface area contributed by atoms with Crippen molar-refractivity contribution in [2.24, 2.45) is 0 Å². The first kappa shape index (κ1) is 9.80. The fourth-order valence-corrected chi connectivity index (χ4v) is 1.74. The van der Waals surface area contributed by atoms with E-state index in [1.807, 2.05) is 12.1 Å². The van der Waals surface area contributed by atoms with Gasteiger partial charge in [0.1, 0.15) is 0 Å². The summed E-state index contributed by atoms with van der Waals surface area (Å²) in [6, 6.07) is 5.50. The van der Waals surface area contributed by atoms with Gasteiger partial charge in [-0.3, -0.25) is 0 Å². The van der Waals surface area contributed by atoms with Crippen LogP contribution in [0.1, 0.15) is 5.56 Å². The summed E-state index contributed by atoms with van der Waals surface area (Å²) in [4.78, 5) is 13.4. The zero-order chi connectivity index (χ0) is 10.8. The number of benzene rings is 1. The van der Waals surface area contributed by atoms with Crippen LogP contribution in [0.5, 0.6) is 0 Å². The van der Waals surface area contributed by atoms with Gasteiger partial charge in [0.15, 0.2) is 0 Å². The summed E-state index contributed by atoms with van der Waals surface area (Å²) in [5.41, 5.74) is 1.67. The number of aromatic nitrogens is 1. The molecule has 2 aromatic rings. The summed E-state index contributed by atoms with van der Waals surface area (Å²) in [6.07, 6.45) is 4.34. The average molecular weight is 222 g/mol. The van der Waals surface area contributed by atoms with Gasteiger partial charge in [0, 0.05) is 28.7 Å². The van der Waals surface area contributed by atoms with Gasteiger partial charge in [0.25, 0.3) is 0 Å². The second kappa shape index (κ2) is 3.79. The van der Waals surface area contributed by atoms with E-state index >= 15 is 0 Å². The van der Waals surface area contributed by atoms with Gasteiger partial charge in [-0.2, -0.15) is 0 Å². The molecule has 3 nitrogen and oxygen atoms in total. The molecule has 0 amide bonds. The van der Waals surface area contributed by atoms with Crippen molar-refractivity contribution in [2.45, 2.75) is 0 Å². The van der Waals surface area contributed by atoms with Crippen LogP contribution in [0.2, 0.25) is 5.02 Å². The Labute approximate surface area is 91.0 Å². The first-order valence-corrected chi connectivity index (χ1v) is 4.73. The minimum absolute atomic E-state index is 0.610. The molecule has 1 aromatic heterocycles. The Kier molecular flexibility index (Phi) is 2.47. The van der Waals surface area contributed by atoms with Gasteiger partial charge in [0.05, 0.1) is 5.02 Å². The number of fused-ring (bicyclic) bond motifs is 1. The van der Waals surface area contributed by atoms with Crippen molar-refractivity contribution >= 4 is 34.5 Å². The van der Waals surface area contributed by atoms with Gasteiger partial charge in [0.2, 0.25) is 0 Å².